The standard InChI is InChI=1S/C30H37N3O5S/c1-4-25(23-10-6-5-7-11-23)30(34)32-24-13-14-26(33-18-8-9-19-33)29(21-24)39(35,36)31-17-16-22-12-15-27(37-2)28(20-22)38-3/h5-7,10-15,20-21,25,31H,4,8-9,16-19H2,1-3H3,(H,32,34). The zero-order chi connectivity index (χ0) is 27.8. The Morgan fingerprint density at radius 3 is 2.33 bits per heavy atom. The summed E-state index contributed by atoms with van der Waals surface area (Å²) in [5.74, 6) is 0.721. The first-order chi connectivity index (χ1) is 18.9. The molecule has 0 spiro atoms. The van der Waals surface area contributed by atoms with E-state index in [-0.39, 0.29) is 23.3 Å². The van der Waals surface area contributed by atoms with Crippen molar-refractivity contribution in [3.8, 4) is 11.5 Å². The third-order valence-electron chi connectivity index (χ3n) is 7.04. The molecule has 0 saturated carbocycles. The van der Waals surface area contributed by atoms with Gasteiger partial charge in [0.15, 0.2) is 11.5 Å². The van der Waals surface area contributed by atoms with Crippen molar-refractivity contribution in [2.75, 3.05) is 44.1 Å². The van der Waals surface area contributed by atoms with Crippen LogP contribution in [0.4, 0.5) is 11.4 Å². The molecule has 39 heavy (non-hydrogen) atoms. The molecule has 3 aromatic carbocycles. The van der Waals surface area contributed by atoms with Gasteiger partial charge in [-0.25, -0.2) is 13.1 Å². The molecule has 0 aromatic heterocycles. The largest absolute Gasteiger partial charge is 0.493 e. The Labute approximate surface area is 231 Å². The number of methoxy groups -OCH3 is 2. The molecule has 2 N–H and O–H groups in total. The van der Waals surface area contributed by atoms with Crippen LogP contribution in [0.5, 0.6) is 11.5 Å². The third kappa shape index (κ3) is 6.91. The van der Waals surface area contributed by atoms with Crippen molar-refractivity contribution in [2.45, 2.75) is 43.4 Å². The molecule has 0 bridgehead atoms. The van der Waals surface area contributed by atoms with Gasteiger partial charge in [-0.1, -0.05) is 43.3 Å². The molecule has 1 heterocycles. The molecule has 1 saturated heterocycles. The maximum Gasteiger partial charge on any atom is 0.242 e. The van der Waals surface area contributed by atoms with Gasteiger partial charge in [-0.05, 0) is 67.1 Å². The number of nitrogens with zero attached hydrogens (tertiary/aromatic N) is 1. The highest BCUT2D eigenvalue weighted by Crippen LogP contribution is 2.32. The molecule has 1 amide bonds. The number of hydrogen-bond acceptors (Lipinski definition) is 6. The number of anilines is 2. The van der Waals surface area contributed by atoms with Crippen molar-refractivity contribution in [2.24, 2.45) is 0 Å². The number of ether oxygens (including phenoxy) is 2. The molecule has 1 aliphatic heterocycles. The third-order valence-corrected chi connectivity index (χ3v) is 8.53. The van der Waals surface area contributed by atoms with Gasteiger partial charge in [0.25, 0.3) is 0 Å². The molecular weight excluding hydrogens is 514 g/mol. The Bertz CT molecular complexity index is 1370. The average Bonchev–Trinajstić information content (AvgIpc) is 3.49. The molecule has 1 unspecified atom stereocenters. The Morgan fingerprint density at radius 2 is 1.67 bits per heavy atom. The van der Waals surface area contributed by atoms with Gasteiger partial charge in [-0.2, -0.15) is 0 Å². The lowest BCUT2D eigenvalue weighted by atomic mass is 9.95. The lowest BCUT2D eigenvalue weighted by molar-refractivity contribution is -0.117. The highest BCUT2D eigenvalue weighted by Gasteiger charge is 2.25. The SMILES string of the molecule is CCC(C(=O)Nc1ccc(N2CCCC2)c(S(=O)(=O)NCCc2ccc(OC)c(OC)c2)c1)c1ccccc1. The Hall–Kier alpha value is -3.56. The highest BCUT2D eigenvalue weighted by atomic mass is 32.2. The molecule has 8 nitrogen and oxygen atoms in total. The quantitative estimate of drug-likeness (QED) is 0.330. The molecule has 1 atom stereocenters. The van der Waals surface area contributed by atoms with Gasteiger partial charge < -0.3 is 19.7 Å². The number of nitrogens with one attached hydrogen (secondary N) is 2. The van der Waals surface area contributed by atoms with Crippen LogP contribution in [0.3, 0.4) is 0 Å². The molecule has 3 aromatic rings. The smallest absolute Gasteiger partial charge is 0.242 e. The zero-order valence-corrected chi connectivity index (χ0v) is 23.6. The van der Waals surface area contributed by atoms with Crippen LogP contribution in [-0.4, -0.2) is 48.2 Å². The Kier molecular flexibility index (Phi) is 9.48. The molecular formula is C30H37N3O5S. The summed E-state index contributed by atoms with van der Waals surface area (Å²) in [6.07, 6.45) is 3.13. The fourth-order valence-corrected chi connectivity index (χ4v) is 6.24. The van der Waals surface area contributed by atoms with E-state index in [4.69, 9.17) is 9.47 Å². The maximum absolute atomic E-state index is 13.6. The van der Waals surface area contributed by atoms with E-state index in [1.165, 1.54) is 0 Å². The molecule has 0 aliphatic carbocycles. The summed E-state index contributed by atoms with van der Waals surface area (Å²) in [6, 6.07) is 20.3. The summed E-state index contributed by atoms with van der Waals surface area (Å²) in [5.41, 5.74) is 2.95. The van der Waals surface area contributed by atoms with Crippen LogP contribution in [0.15, 0.2) is 71.6 Å². The van der Waals surface area contributed by atoms with E-state index >= 15 is 0 Å². The maximum atomic E-state index is 13.6. The number of carbonyl (C=O) groups is 1. The molecule has 1 aliphatic rings. The van der Waals surface area contributed by atoms with Gasteiger partial charge in [0.2, 0.25) is 15.9 Å². The number of carbonyl (C=O) groups excluding carboxylic acids is 1. The van der Waals surface area contributed by atoms with Gasteiger partial charge >= 0.3 is 0 Å². The predicted octanol–water partition coefficient (Wildman–Crippen LogP) is 4.96. The summed E-state index contributed by atoms with van der Waals surface area (Å²) in [4.78, 5) is 15.4. The van der Waals surface area contributed by atoms with Crippen molar-refractivity contribution in [3.05, 3.63) is 77.9 Å². The number of rotatable bonds is 12. The first-order valence-electron chi connectivity index (χ1n) is 13.3. The second-order valence-corrected chi connectivity index (χ2v) is 11.3. The normalized spacial score (nSPS) is 14.2. The van der Waals surface area contributed by atoms with E-state index in [0.29, 0.717) is 35.7 Å². The van der Waals surface area contributed by atoms with Gasteiger partial charge in [0.05, 0.1) is 25.8 Å². The van der Waals surface area contributed by atoms with E-state index in [1.54, 1.807) is 38.5 Å². The molecule has 208 valence electrons. The molecule has 9 heteroatoms. The number of amides is 1. The van der Waals surface area contributed by atoms with Crippen LogP contribution in [0.25, 0.3) is 0 Å². The lowest BCUT2D eigenvalue weighted by Crippen LogP contribution is -2.29. The lowest BCUT2D eigenvalue weighted by Gasteiger charge is -2.23. The first-order valence-corrected chi connectivity index (χ1v) is 14.8. The molecule has 0 radical (unpaired) electrons. The number of benzene rings is 3. The van der Waals surface area contributed by atoms with Crippen LogP contribution < -0.4 is 24.4 Å². The van der Waals surface area contributed by atoms with Crippen LogP contribution >= 0.6 is 0 Å². The first kappa shape index (κ1) is 28.4. The van der Waals surface area contributed by atoms with Gasteiger partial charge in [-0.15, -0.1) is 0 Å². The van der Waals surface area contributed by atoms with Crippen LogP contribution in [0.1, 0.15) is 43.2 Å². The van der Waals surface area contributed by atoms with E-state index in [1.807, 2.05) is 49.4 Å². The molecule has 1 fully saturated rings. The monoisotopic (exact) mass is 551 g/mol. The van der Waals surface area contributed by atoms with Crippen LogP contribution in [-0.2, 0) is 21.2 Å². The van der Waals surface area contributed by atoms with Crippen LogP contribution in [0, 0.1) is 0 Å². The summed E-state index contributed by atoms with van der Waals surface area (Å²) in [7, 11) is -0.721. The summed E-state index contributed by atoms with van der Waals surface area (Å²) in [5, 5.41) is 2.95. The van der Waals surface area contributed by atoms with Crippen molar-refractivity contribution in [3.63, 3.8) is 0 Å². The van der Waals surface area contributed by atoms with E-state index in [2.05, 4.69) is 14.9 Å². The molecule has 4 rings (SSSR count). The zero-order valence-electron chi connectivity index (χ0n) is 22.8. The van der Waals surface area contributed by atoms with E-state index in [9.17, 15) is 13.2 Å². The highest BCUT2D eigenvalue weighted by molar-refractivity contribution is 7.89. The second kappa shape index (κ2) is 13.0. The summed E-state index contributed by atoms with van der Waals surface area (Å²) in [6.45, 7) is 3.77. The second-order valence-electron chi connectivity index (χ2n) is 9.57. The Balaban J connectivity index is 1.54. The van der Waals surface area contributed by atoms with E-state index < -0.39 is 10.0 Å². The van der Waals surface area contributed by atoms with Crippen molar-refractivity contribution >= 4 is 27.3 Å². The fourth-order valence-electron chi connectivity index (χ4n) is 4.96. The minimum absolute atomic E-state index is 0.164. The average molecular weight is 552 g/mol. The topological polar surface area (TPSA) is 97.0 Å². The van der Waals surface area contributed by atoms with Crippen molar-refractivity contribution in [1.82, 2.24) is 4.72 Å². The summed E-state index contributed by atoms with van der Waals surface area (Å²) < 4.78 is 40.6. The van der Waals surface area contributed by atoms with Crippen molar-refractivity contribution in [1.29, 1.82) is 0 Å². The summed E-state index contributed by atoms with van der Waals surface area (Å²) >= 11 is 0. The number of hydrogen-bond donors (Lipinski definition) is 2. The van der Waals surface area contributed by atoms with E-state index in [0.717, 1.165) is 37.1 Å². The fraction of sp³-hybridized carbons (Fsp3) is 0.367. The Morgan fingerprint density at radius 1 is 0.949 bits per heavy atom. The predicted molar refractivity (Wildman–Crippen MR) is 154 cm³/mol. The minimum Gasteiger partial charge on any atom is -0.493 e. The van der Waals surface area contributed by atoms with Crippen molar-refractivity contribution < 1.29 is 22.7 Å². The van der Waals surface area contributed by atoms with Crippen LogP contribution in [0.2, 0.25) is 0 Å². The van der Waals surface area contributed by atoms with Gasteiger partial charge in [0.1, 0.15) is 4.90 Å². The van der Waals surface area contributed by atoms with Gasteiger partial charge in [0, 0.05) is 25.3 Å². The number of sulfonamides is 1. The minimum atomic E-state index is -3.86. The van der Waals surface area contributed by atoms with Gasteiger partial charge in [-0.3, -0.25) is 4.79 Å².